The lowest BCUT2D eigenvalue weighted by Gasteiger charge is -2.23. The average molecular weight is 268 g/mol. The van der Waals surface area contributed by atoms with Crippen molar-refractivity contribution in [2.24, 2.45) is 5.92 Å². The summed E-state index contributed by atoms with van der Waals surface area (Å²) in [5, 5.41) is 4.51. The molecule has 102 valence electrons. The maximum atomic E-state index is 5.41. The molecule has 1 fully saturated rings. The topological polar surface area (TPSA) is 38.1 Å². The molecule has 1 aromatic rings. The van der Waals surface area contributed by atoms with Crippen LogP contribution in [0.4, 0.5) is 0 Å². The molecule has 1 saturated carbocycles. The molecular weight excluding hydrogens is 244 g/mol. The molecule has 0 amide bonds. The highest BCUT2D eigenvalue weighted by atomic mass is 32.2. The minimum absolute atomic E-state index is 0.615. The summed E-state index contributed by atoms with van der Waals surface area (Å²) in [5.74, 6) is 1.92. The van der Waals surface area contributed by atoms with Crippen LogP contribution in [-0.4, -0.2) is 23.3 Å². The molecule has 0 radical (unpaired) electrons. The summed E-state index contributed by atoms with van der Waals surface area (Å²) >= 11 is 1.75. The van der Waals surface area contributed by atoms with Gasteiger partial charge in [0.1, 0.15) is 6.26 Å². The van der Waals surface area contributed by atoms with Gasteiger partial charge in [-0.2, -0.15) is 0 Å². The highest BCUT2D eigenvalue weighted by molar-refractivity contribution is 7.99. The lowest BCUT2D eigenvalue weighted by Crippen LogP contribution is -2.37. The van der Waals surface area contributed by atoms with Gasteiger partial charge < -0.3 is 9.73 Å². The van der Waals surface area contributed by atoms with Gasteiger partial charge in [0, 0.05) is 11.8 Å². The molecule has 1 unspecified atom stereocenters. The molecule has 2 rings (SSSR count). The molecule has 0 saturated heterocycles. The van der Waals surface area contributed by atoms with E-state index in [2.05, 4.69) is 17.2 Å². The maximum absolute atomic E-state index is 5.41. The minimum atomic E-state index is 0.615. The summed E-state index contributed by atoms with van der Waals surface area (Å²) in [6.07, 6.45) is 8.49. The fraction of sp³-hybridized carbons (Fsp3) is 0.786. The van der Waals surface area contributed by atoms with E-state index in [1.165, 1.54) is 32.1 Å². The molecule has 1 atom stereocenters. The number of aryl methyl sites for hydroxylation is 1. The second-order valence-corrected chi connectivity index (χ2v) is 6.14. The van der Waals surface area contributed by atoms with Crippen molar-refractivity contribution in [2.45, 2.75) is 57.2 Å². The second kappa shape index (κ2) is 7.19. The quantitative estimate of drug-likeness (QED) is 0.766. The number of rotatable bonds is 7. The SMILES string of the molecule is CCCNC(CSc1nc(C)co1)C1CCCC1. The van der Waals surface area contributed by atoms with Crippen LogP contribution in [0.25, 0.3) is 0 Å². The summed E-state index contributed by atoms with van der Waals surface area (Å²) in [4.78, 5) is 4.36. The highest BCUT2D eigenvalue weighted by Gasteiger charge is 2.24. The predicted octanol–water partition coefficient (Wildman–Crippen LogP) is 3.63. The smallest absolute Gasteiger partial charge is 0.255 e. The van der Waals surface area contributed by atoms with Gasteiger partial charge in [-0.1, -0.05) is 31.5 Å². The molecule has 0 spiro atoms. The molecule has 1 heterocycles. The number of thioether (sulfide) groups is 1. The van der Waals surface area contributed by atoms with Gasteiger partial charge in [-0.3, -0.25) is 0 Å². The van der Waals surface area contributed by atoms with E-state index < -0.39 is 0 Å². The van der Waals surface area contributed by atoms with Crippen LogP contribution in [0, 0.1) is 12.8 Å². The van der Waals surface area contributed by atoms with Crippen LogP contribution in [0.2, 0.25) is 0 Å². The summed E-state index contributed by atoms with van der Waals surface area (Å²) in [7, 11) is 0. The van der Waals surface area contributed by atoms with Gasteiger partial charge in [0.25, 0.3) is 5.22 Å². The van der Waals surface area contributed by atoms with Crippen molar-refractivity contribution in [1.29, 1.82) is 0 Å². The Labute approximate surface area is 114 Å². The number of nitrogens with one attached hydrogen (secondary N) is 1. The molecular formula is C14H24N2OS. The molecule has 0 bridgehead atoms. The van der Waals surface area contributed by atoms with Gasteiger partial charge in [-0.05, 0) is 38.6 Å². The van der Waals surface area contributed by atoms with E-state index in [1.807, 2.05) is 6.92 Å². The largest absolute Gasteiger partial charge is 0.440 e. The van der Waals surface area contributed by atoms with Crippen LogP contribution in [0.3, 0.4) is 0 Å². The average Bonchev–Trinajstić information content (AvgIpc) is 3.01. The van der Waals surface area contributed by atoms with Crippen LogP contribution in [0.5, 0.6) is 0 Å². The van der Waals surface area contributed by atoms with Gasteiger partial charge in [-0.15, -0.1) is 0 Å². The number of hydrogen-bond donors (Lipinski definition) is 1. The normalized spacial score (nSPS) is 18.3. The first-order chi connectivity index (χ1) is 8.79. The Balaban J connectivity index is 1.83. The third kappa shape index (κ3) is 4.02. The van der Waals surface area contributed by atoms with E-state index in [4.69, 9.17) is 4.42 Å². The van der Waals surface area contributed by atoms with Gasteiger partial charge in [-0.25, -0.2) is 4.98 Å². The Morgan fingerprint density at radius 1 is 1.50 bits per heavy atom. The molecule has 1 N–H and O–H groups in total. The van der Waals surface area contributed by atoms with Gasteiger partial charge in [0.15, 0.2) is 0 Å². The van der Waals surface area contributed by atoms with Crippen molar-refractivity contribution in [3.63, 3.8) is 0 Å². The zero-order valence-electron chi connectivity index (χ0n) is 11.4. The number of hydrogen-bond acceptors (Lipinski definition) is 4. The van der Waals surface area contributed by atoms with Crippen LogP contribution >= 0.6 is 11.8 Å². The molecule has 4 heteroatoms. The Bertz CT molecular complexity index is 347. The van der Waals surface area contributed by atoms with Crippen LogP contribution in [-0.2, 0) is 0 Å². The molecule has 0 aliphatic heterocycles. The highest BCUT2D eigenvalue weighted by Crippen LogP contribution is 2.30. The molecule has 1 aliphatic rings. The van der Waals surface area contributed by atoms with Crippen LogP contribution in [0.1, 0.15) is 44.7 Å². The third-order valence-corrected chi connectivity index (χ3v) is 4.57. The fourth-order valence-corrected chi connectivity index (χ4v) is 3.65. The van der Waals surface area contributed by atoms with Crippen molar-refractivity contribution in [3.8, 4) is 0 Å². The number of aromatic nitrogens is 1. The molecule has 0 aromatic carbocycles. The zero-order valence-corrected chi connectivity index (χ0v) is 12.3. The van der Waals surface area contributed by atoms with E-state index in [1.54, 1.807) is 18.0 Å². The predicted molar refractivity (Wildman–Crippen MR) is 76.0 cm³/mol. The van der Waals surface area contributed by atoms with Crippen molar-refractivity contribution >= 4 is 11.8 Å². The van der Waals surface area contributed by atoms with Gasteiger partial charge >= 0.3 is 0 Å². The van der Waals surface area contributed by atoms with Crippen molar-refractivity contribution in [2.75, 3.05) is 12.3 Å². The first-order valence-corrected chi connectivity index (χ1v) is 8.06. The van der Waals surface area contributed by atoms with Crippen molar-refractivity contribution in [3.05, 3.63) is 12.0 Å². The minimum Gasteiger partial charge on any atom is -0.440 e. The third-order valence-electron chi connectivity index (χ3n) is 3.61. The van der Waals surface area contributed by atoms with Crippen molar-refractivity contribution in [1.82, 2.24) is 10.3 Å². The van der Waals surface area contributed by atoms with Gasteiger partial charge in [0.2, 0.25) is 0 Å². The fourth-order valence-electron chi connectivity index (χ4n) is 2.61. The van der Waals surface area contributed by atoms with Gasteiger partial charge in [0.05, 0.1) is 5.69 Å². The Hall–Kier alpha value is -0.480. The Morgan fingerprint density at radius 3 is 2.89 bits per heavy atom. The van der Waals surface area contributed by atoms with E-state index in [0.717, 1.165) is 29.1 Å². The number of oxazole rings is 1. The standard InChI is InChI=1S/C14H24N2OS/c1-3-8-15-13(12-6-4-5-7-12)10-18-14-16-11(2)9-17-14/h9,12-13,15H,3-8,10H2,1-2H3. The second-order valence-electron chi connectivity index (χ2n) is 5.17. The molecule has 1 aromatic heterocycles. The van der Waals surface area contributed by atoms with Crippen molar-refractivity contribution < 1.29 is 4.42 Å². The molecule has 18 heavy (non-hydrogen) atoms. The monoisotopic (exact) mass is 268 g/mol. The van der Waals surface area contributed by atoms with E-state index in [0.29, 0.717) is 6.04 Å². The summed E-state index contributed by atoms with van der Waals surface area (Å²) in [5.41, 5.74) is 0.969. The van der Waals surface area contributed by atoms with E-state index >= 15 is 0 Å². The Morgan fingerprint density at radius 2 is 2.28 bits per heavy atom. The van der Waals surface area contributed by atoms with Crippen LogP contribution in [0.15, 0.2) is 15.9 Å². The Kier molecular flexibility index (Phi) is 5.57. The molecule has 3 nitrogen and oxygen atoms in total. The summed E-state index contributed by atoms with van der Waals surface area (Å²) in [6.45, 7) is 5.31. The van der Waals surface area contributed by atoms with Crippen LogP contribution < -0.4 is 5.32 Å². The number of nitrogens with zero attached hydrogens (tertiary/aromatic N) is 1. The summed E-state index contributed by atoms with van der Waals surface area (Å²) in [6, 6.07) is 0.615. The van der Waals surface area contributed by atoms with E-state index in [9.17, 15) is 0 Å². The zero-order chi connectivity index (χ0) is 12.8. The summed E-state index contributed by atoms with van der Waals surface area (Å²) < 4.78 is 5.41. The first kappa shape index (κ1) is 13.9. The molecule has 1 aliphatic carbocycles. The lowest BCUT2D eigenvalue weighted by molar-refractivity contribution is 0.386. The first-order valence-electron chi connectivity index (χ1n) is 7.08. The lowest BCUT2D eigenvalue weighted by atomic mass is 10.00. The maximum Gasteiger partial charge on any atom is 0.255 e. The van der Waals surface area contributed by atoms with E-state index in [-0.39, 0.29) is 0 Å².